The van der Waals surface area contributed by atoms with E-state index in [0.29, 0.717) is 53.8 Å². The zero-order valence-corrected chi connectivity index (χ0v) is 22.9. The molecule has 2 unspecified atom stereocenters. The normalized spacial score (nSPS) is 18.1. The molecule has 0 radical (unpaired) electrons. The number of hydrogen-bond acceptors (Lipinski definition) is 8. The molecule has 0 saturated carbocycles. The van der Waals surface area contributed by atoms with E-state index in [4.69, 9.17) is 23.7 Å². The summed E-state index contributed by atoms with van der Waals surface area (Å²) in [6.45, 7) is 2.49. The van der Waals surface area contributed by atoms with Crippen LogP contribution in [-0.4, -0.2) is 40.8 Å². The molecule has 2 atom stereocenters. The van der Waals surface area contributed by atoms with Crippen LogP contribution in [0.1, 0.15) is 42.9 Å². The molecular weight excluding hydrogens is 496 g/mol. The molecule has 5 rings (SSSR count). The largest absolute Gasteiger partial charge is 0.493 e. The van der Waals surface area contributed by atoms with Crippen LogP contribution in [-0.2, 0) is 4.79 Å². The molecule has 0 bridgehead atoms. The fourth-order valence-corrected chi connectivity index (χ4v) is 5.53. The number of benzene rings is 3. The predicted molar refractivity (Wildman–Crippen MR) is 151 cm³/mol. The molecule has 0 spiro atoms. The summed E-state index contributed by atoms with van der Waals surface area (Å²) >= 11 is 0. The number of hydrogen-bond donors (Lipinski definition) is 2. The molecular formula is C31H34N2O6. The van der Waals surface area contributed by atoms with Gasteiger partial charge in [-0.25, -0.2) is 0 Å². The lowest BCUT2D eigenvalue weighted by Gasteiger charge is -2.31. The summed E-state index contributed by atoms with van der Waals surface area (Å²) < 4.78 is 28.3. The number of carbonyl (C=O) groups is 1. The number of allylic oxidation sites excluding steroid dienone is 1. The van der Waals surface area contributed by atoms with Crippen molar-refractivity contribution in [1.29, 1.82) is 0 Å². The lowest BCUT2D eigenvalue weighted by atomic mass is 9.78. The Kier molecular flexibility index (Phi) is 7.54. The number of Topliss-reactive ketones (excluding diaryl/α,β-unsaturated/α-hetero) is 1. The van der Waals surface area contributed by atoms with Gasteiger partial charge in [-0.15, -0.1) is 0 Å². The third-order valence-corrected chi connectivity index (χ3v) is 7.31. The number of ether oxygens (including phenoxy) is 5. The number of ketones is 1. The Balaban J connectivity index is 1.62. The van der Waals surface area contributed by atoms with Gasteiger partial charge >= 0.3 is 0 Å². The first-order valence-electron chi connectivity index (χ1n) is 13.0. The van der Waals surface area contributed by atoms with Gasteiger partial charge in [0.2, 0.25) is 5.75 Å². The van der Waals surface area contributed by atoms with Crippen LogP contribution in [0.15, 0.2) is 65.9 Å². The van der Waals surface area contributed by atoms with Crippen molar-refractivity contribution in [3.8, 4) is 28.7 Å². The van der Waals surface area contributed by atoms with Gasteiger partial charge in [-0.05, 0) is 61.2 Å². The summed E-state index contributed by atoms with van der Waals surface area (Å²) in [6, 6.07) is 17.2. The van der Waals surface area contributed by atoms with E-state index >= 15 is 0 Å². The first-order valence-corrected chi connectivity index (χ1v) is 13.0. The smallest absolute Gasteiger partial charge is 0.203 e. The first-order chi connectivity index (χ1) is 19.0. The Morgan fingerprint density at radius 1 is 0.795 bits per heavy atom. The summed E-state index contributed by atoms with van der Waals surface area (Å²) in [4.78, 5) is 14.0. The number of rotatable bonds is 8. The lowest BCUT2D eigenvalue weighted by Crippen LogP contribution is -2.27. The van der Waals surface area contributed by atoms with E-state index in [1.54, 1.807) is 28.4 Å². The number of methoxy groups -OCH3 is 4. The van der Waals surface area contributed by atoms with Crippen molar-refractivity contribution >= 4 is 17.2 Å². The van der Waals surface area contributed by atoms with Gasteiger partial charge in [0.05, 0.1) is 52.5 Å². The second-order valence-electron chi connectivity index (χ2n) is 9.44. The highest BCUT2D eigenvalue weighted by Gasteiger charge is 2.38. The van der Waals surface area contributed by atoms with E-state index in [1.165, 1.54) is 0 Å². The highest BCUT2D eigenvalue weighted by atomic mass is 16.5. The van der Waals surface area contributed by atoms with Gasteiger partial charge in [0.15, 0.2) is 28.8 Å². The highest BCUT2D eigenvalue weighted by molar-refractivity contribution is 6.01. The summed E-state index contributed by atoms with van der Waals surface area (Å²) in [5, 5.41) is 7.19. The topological polar surface area (TPSA) is 87.3 Å². The molecule has 1 heterocycles. The molecule has 0 fully saturated rings. The number of anilines is 2. The van der Waals surface area contributed by atoms with Crippen molar-refractivity contribution < 1.29 is 28.5 Å². The predicted octanol–water partition coefficient (Wildman–Crippen LogP) is 6.10. The Bertz CT molecular complexity index is 1420. The van der Waals surface area contributed by atoms with Crippen molar-refractivity contribution in [2.45, 2.75) is 31.7 Å². The fraction of sp³-hybridized carbons (Fsp3) is 0.323. The monoisotopic (exact) mass is 530 g/mol. The molecule has 0 saturated heterocycles. The van der Waals surface area contributed by atoms with Crippen LogP contribution in [0.2, 0.25) is 0 Å². The molecule has 3 aromatic carbocycles. The molecule has 0 amide bonds. The van der Waals surface area contributed by atoms with Crippen molar-refractivity contribution in [2.75, 3.05) is 45.7 Å². The average molecular weight is 531 g/mol. The van der Waals surface area contributed by atoms with E-state index in [-0.39, 0.29) is 11.7 Å². The molecule has 1 aliphatic heterocycles. The Labute approximate surface area is 228 Å². The van der Waals surface area contributed by atoms with Gasteiger partial charge in [0.25, 0.3) is 0 Å². The number of carbonyl (C=O) groups excluding carboxylic acids is 1. The molecule has 8 nitrogen and oxygen atoms in total. The molecule has 0 aromatic heterocycles. The van der Waals surface area contributed by atoms with Crippen molar-refractivity contribution in [3.63, 3.8) is 0 Å². The van der Waals surface area contributed by atoms with Gasteiger partial charge in [-0.1, -0.05) is 18.2 Å². The average Bonchev–Trinajstić information content (AvgIpc) is 3.13. The van der Waals surface area contributed by atoms with Crippen LogP contribution >= 0.6 is 0 Å². The van der Waals surface area contributed by atoms with Crippen LogP contribution in [0.4, 0.5) is 11.4 Å². The minimum Gasteiger partial charge on any atom is -0.493 e. The second kappa shape index (κ2) is 11.2. The third-order valence-electron chi connectivity index (χ3n) is 7.31. The van der Waals surface area contributed by atoms with Gasteiger partial charge < -0.3 is 34.3 Å². The minimum atomic E-state index is -0.464. The molecule has 39 heavy (non-hydrogen) atoms. The van der Waals surface area contributed by atoms with Crippen LogP contribution in [0.5, 0.6) is 28.7 Å². The fourth-order valence-electron chi connectivity index (χ4n) is 5.53. The number of nitrogens with one attached hydrogen (secondary N) is 2. The molecule has 2 aliphatic rings. The maximum absolute atomic E-state index is 14.0. The lowest BCUT2D eigenvalue weighted by molar-refractivity contribution is -0.116. The van der Waals surface area contributed by atoms with Crippen LogP contribution < -0.4 is 34.3 Å². The van der Waals surface area contributed by atoms with E-state index in [0.717, 1.165) is 28.2 Å². The quantitative estimate of drug-likeness (QED) is 0.361. The SMILES string of the molecule is CCOc1ccc(C2CC(=O)C3=C(C2)Nc2ccccc2NC3c2ccc(OC)c(OC)c2OC)cc1OC. The van der Waals surface area contributed by atoms with Crippen LogP contribution in [0.3, 0.4) is 0 Å². The minimum absolute atomic E-state index is 0.0217. The van der Waals surface area contributed by atoms with E-state index in [1.807, 2.05) is 61.5 Å². The third kappa shape index (κ3) is 4.82. The van der Waals surface area contributed by atoms with Gasteiger partial charge in [-0.3, -0.25) is 4.79 Å². The zero-order chi connectivity index (χ0) is 27.5. The molecule has 8 heteroatoms. The maximum atomic E-state index is 14.0. The van der Waals surface area contributed by atoms with Crippen LogP contribution in [0, 0.1) is 0 Å². The number of fused-ring (bicyclic) bond motifs is 1. The summed E-state index contributed by atoms with van der Waals surface area (Å²) in [6.07, 6.45) is 1.02. The van der Waals surface area contributed by atoms with Crippen LogP contribution in [0.25, 0.3) is 0 Å². The summed E-state index contributed by atoms with van der Waals surface area (Å²) in [5.74, 6) is 2.95. The number of para-hydroxylation sites is 2. The van der Waals surface area contributed by atoms with E-state index in [2.05, 4.69) is 10.6 Å². The Morgan fingerprint density at radius 3 is 2.21 bits per heavy atom. The van der Waals surface area contributed by atoms with Gasteiger partial charge in [0.1, 0.15) is 0 Å². The summed E-state index contributed by atoms with van der Waals surface area (Å²) in [5.41, 5.74) is 5.18. The first kappa shape index (κ1) is 26.3. The molecule has 204 valence electrons. The summed E-state index contributed by atoms with van der Waals surface area (Å²) in [7, 11) is 6.39. The van der Waals surface area contributed by atoms with E-state index in [9.17, 15) is 4.79 Å². The Hall–Kier alpha value is -4.33. The maximum Gasteiger partial charge on any atom is 0.203 e. The second-order valence-corrected chi connectivity index (χ2v) is 9.44. The van der Waals surface area contributed by atoms with Gasteiger partial charge in [-0.2, -0.15) is 0 Å². The van der Waals surface area contributed by atoms with Crippen molar-refractivity contribution in [3.05, 3.63) is 77.0 Å². The van der Waals surface area contributed by atoms with Gasteiger partial charge in [0, 0.05) is 23.3 Å². The van der Waals surface area contributed by atoms with E-state index < -0.39 is 6.04 Å². The molecule has 2 N–H and O–H groups in total. The van der Waals surface area contributed by atoms with Crippen molar-refractivity contribution in [1.82, 2.24) is 0 Å². The molecule has 1 aliphatic carbocycles. The molecule has 3 aromatic rings. The Morgan fingerprint density at radius 2 is 1.51 bits per heavy atom. The van der Waals surface area contributed by atoms with Crippen molar-refractivity contribution in [2.24, 2.45) is 0 Å². The highest BCUT2D eigenvalue weighted by Crippen LogP contribution is 2.49. The zero-order valence-electron chi connectivity index (χ0n) is 22.9. The standard InChI is InChI=1S/C31H34N2O6/c1-6-39-25-13-11-18(17-27(25)36-3)19-15-23-28(24(34)16-19)29(33-22-10-8-7-9-21(22)32-23)20-12-14-26(35-2)31(38-5)30(20)37-4/h7-14,17,19,29,32-33H,6,15-16H2,1-5H3.